The van der Waals surface area contributed by atoms with Crippen LogP contribution in [0.4, 0.5) is 11.4 Å². The first kappa shape index (κ1) is 16.2. The Labute approximate surface area is 130 Å². The molecule has 0 bridgehead atoms. The SMILES string of the molecule is CCCCCNc1ccc(N2CCN(CCC)CC2)cc1. The lowest BCUT2D eigenvalue weighted by Gasteiger charge is -2.36. The smallest absolute Gasteiger partial charge is 0.0368 e. The summed E-state index contributed by atoms with van der Waals surface area (Å²) in [5, 5.41) is 3.51. The zero-order valence-electron chi connectivity index (χ0n) is 13.8. The zero-order chi connectivity index (χ0) is 14.9. The van der Waals surface area contributed by atoms with E-state index in [2.05, 4.69) is 53.2 Å². The van der Waals surface area contributed by atoms with E-state index < -0.39 is 0 Å². The monoisotopic (exact) mass is 289 g/mol. The molecule has 1 aromatic rings. The summed E-state index contributed by atoms with van der Waals surface area (Å²) < 4.78 is 0. The fourth-order valence-corrected chi connectivity index (χ4v) is 2.94. The molecule has 3 nitrogen and oxygen atoms in total. The molecule has 0 aliphatic carbocycles. The number of anilines is 2. The summed E-state index contributed by atoms with van der Waals surface area (Å²) in [5.41, 5.74) is 2.62. The zero-order valence-corrected chi connectivity index (χ0v) is 13.8. The maximum absolute atomic E-state index is 3.51. The lowest BCUT2D eigenvalue weighted by atomic mass is 10.2. The highest BCUT2D eigenvalue weighted by Gasteiger charge is 2.16. The van der Waals surface area contributed by atoms with Crippen molar-refractivity contribution in [3.63, 3.8) is 0 Å². The maximum Gasteiger partial charge on any atom is 0.0368 e. The van der Waals surface area contributed by atoms with E-state index in [9.17, 15) is 0 Å². The molecular formula is C18H31N3. The van der Waals surface area contributed by atoms with Gasteiger partial charge in [-0.3, -0.25) is 4.90 Å². The Balaban J connectivity index is 1.77. The number of nitrogens with zero attached hydrogens (tertiary/aromatic N) is 2. The van der Waals surface area contributed by atoms with Crippen molar-refractivity contribution in [3.8, 4) is 0 Å². The largest absolute Gasteiger partial charge is 0.385 e. The molecule has 0 atom stereocenters. The highest BCUT2D eigenvalue weighted by atomic mass is 15.3. The van der Waals surface area contributed by atoms with Crippen molar-refractivity contribution in [3.05, 3.63) is 24.3 Å². The third-order valence-electron chi connectivity index (χ3n) is 4.25. The van der Waals surface area contributed by atoms with E-state index in [0.717, 1.165) is 19.6 Å². The minimum Gasteiger partial charge on any atom is -0.385 e. The van der Waals surface area contributed by atoms with Gasteiger partial charge in [-0.2, -0.15) is 0 Å². The molecule has 21 heavy (non-hydrogen) atoms. The van der Waals surface area contributed by atoms with Crippen LogP contribution in [-0.4, -0.2) is 44.2 Å². The highest BCUT2D eigenvalue weighted by Crippen LogP contribution is 2.19. The second kappa shape index (κ2) is 8.93. The maximum atomic E-state index is 3.51. The van der Waals surface area contributed by atoms with Gasteiger partial charge in [-0.15, -0.1) is 0 Å². The molecule has 0 amide bonds. The van der Waals surface area contributed by atoms with Crippen LogP contribution in [0.5, 0.6) is 0 Å². The van der Waals surface area contributed by atoms with Crippen molar-refractivity contribution in [2.45, 2.75) is 39.5 Å². The molecule has 2 rings (SSSR count). The fourth-order valence-electron chi connectivity index (χ4n) is 2.94. The third kappa shape index (κ3) is 5.24. The Morgan fingerprint density at radius 1 is 0.905 bits per heavy atom. The van der Waals surface area contributed by atoms with Crippen LogP contribution in [0.25, 0.3) is 0 Å². The van der Waals surface area contributed by atoms with Crippen LogP contribution in [0.2, 0.25) is 0 Å². The summed E-state index contributed by atoms with van der Waals surface area (Å²) in [6.07, 6.45) is 5.12. The van der Waals surface area contributed by atoms with Gasteiger partial charge < -0.3 is 10.2 Å². The predicted molar refractivity (Wildman–Crippen MR) is 93.4 cm³/mol. The Morgan fingerprint density at radius 2 is 1.62 bits per heavy atom. The summed E-state index contributed by atoms with van der Waals surface area (Å²) in [6, 6.07) is 8.97. The quantitative estimate of drug-likeness (QED) is 0.734. The molecule has 1 N–H and O–H groups in total. The average Bonchev–Trinajstić information content (AvgIpc) is 2.53. The lowest BCUT2D eigenvalue weighted by molar-refractivity contribution is 0.258. The van der Waals surface area contributed by atoms with Crippen LogP contribution < -0.4 is 10.2 Å². The normalized spacial score (nSPS) is 16.2. The van der Waals surface area contributed by atoms with Crippen LogP contribution in [-0.2, 0) is 0 Å². The van der Waals surface area contributed by atoms with Gasteiger partial charge in [0.25, 0.3) is 0 Å². The van der Waals surface area contributed by atoms with Crippen LogP contribution in [0.3, 0.4) is 0 Å². The van der Waals surface area contributed by atoms with Gasteiger partial charge in [0, 0.05) is 44.1 Å². The Hall–Kier alpha value is -1.22. The predicted octanol–water partition coefficient (Wildman–Crippen LogP) is 3.82. The summed E-state index contributed by atoms with van der Waals surface area (Å²) in [5.74, 6) is 0. The Kier molecular flexibility index (Phi) is 6.87. The Bertz CT molecular complexity index is 380. The number of hydrogen-bond donors (Lipinski definition) is 1. The van der Waals surface area contributed by atoms with E-state index in [1.165, 1.54) is 56.7 Å². The third-order valence-corrected chi connectivity index (χ3v) is 4.25. The van der Waals surface area contributed by atoms with Crippen molar-refractivity contribution < 1.29 is 0 Å². The van der Waals surface area contributed by atoms with Crippen molar-refractivity contribution in [1.82, 2.24) is 4.90 Å². The average molecular weight is 289 g/mol. The second-order valence-electron chi connectivity index (χ2n) is 6.01. The number of piperazine rings is 1. The Morgan fingerprint density at radius 3 is 2.24 bits per heavy atom. The number of benzene rings is 1. The van der Waals surface area contributed by atoms with Crippen LogP contribution in [0, 0.1) is 0 Å². The topological polar surface area (TPSA) is 18.5 Å². The first-order valence-electron chi connectivity index (χ1n) is 8.64. The second-order valence-corrected chi connectivity index (χ2v) is 6.01. The van der Waals surface area contributed by atoms with Gasteiger partial charge in [0.1, 0.15) is 0 Å². The number of hydrogen-bond acceptors (Lipinski definition) is 3. The molecule has 0 unspecified atom stereocenters. The molecule has 1 fully saturated rings. The summed E-state index contributed by atoms with van der Waals surface area (Å²) in [6.45, 7) is 11.5. The molecule has 118 valence electrons. The molecule has 1 saturated heterocycles. The van der Waals surface area contributed by atoms with E-state index in [0.29, 0.717) is 0 Å². The molecule has 3 heteroatoms. The number of unbranched alkanes of at least 4 members (excludes halogenated alkanes) is 2. The molecule has 1 aliphatic rings. The van der Waals surface area contributed by atoms with E-state index in [4.69, 9.17) is 0 Å². The van der Waals surface area contributed by atoms with Crippen molar-refractivity contribution in [2.75, 3.05) is 49.5 Å². The van der Waals surface area contributed by atoms with E-state index in [-0.39, 0.29) is 0 Å². The standard InChI is InChI=1S/C18H31N3/c1-3-5-6-11-19-17-7-9-18(10-8-17)21-15-13-20(12-4-2)14-16-21/h7-10,19H,3-6,11-16H2,1-2H3. The van der Waals surface area contributed by atoms with Gasteiger partial charge in [0.2, 0.25) is 0 Å². The van der Waals surface area contributed by atoms with Crippen molar-refractivity contribution in [1.29, 1.82) is 0 Å². The van der Waals surface area contributed by atoms with Crippen LogP contribution in [0.1, 0.15) is 39.5 Å². The van der Waals surface area contributed by atoms with Gasteiger partial charge in [-0.25, -0.2) is 0 Å². The molecule has 1 aliphatic heterocycles. The molecule has 0 spiro atoms. The van der Waals surface area contributed by atoms with E-state index in [1.807, 2.05) is 0 Å². The van der Waals surface area contributed by atoms with E-state index >= 15 is 0 Å². The van der Waals surface area contributed by atoms with Crippen LogP contribution >= 0.6 is 0 Å². The first-order valence-corrected chi connectivity index (χ1v) is 8.64. The molecule has 1 aromatic carbocycles. The fraction of sp³-hybridized carbons (Fsp3) is 0.667. The summed E-state index contributed by atoms with van der Waals surface area (Å²) >= 11 is 0. The van der Waals surface area contributed by atoms with Gasteiger partial charge in [-0.1, -0.05) is 26.7 Å². The minimum atomic E-state index is 1.09. The summed E-state index contributed by atoms with van der Waals surface area (Å²) in [7, 11) is 0. The van der Waals surface area contributed by atoms with Crippen molar-refractivity contribution in [2.24, 2.45) is 0 Å². The van der Waals surface area contributed by atoms with Gasteiger partial charge in [-0.05, 0) is 43.7 Å². The highest BCUT2D eigenvalue weighted by molar-refractivity contribution is 5.55. The van der Waals surface area contributed by atoms with Gasteiger partial charge >= 0.3 is 0 Å². The molecule has 0 radical (unpaired) electrons. The molecular weight excluding hydrogens is 258 g/mol. The van der Waals surface area contributed by atoms with Gasteiger partial charge in [0.05, 0.1) is 0 Å². The van der Waals surface area contributed by atoms with Crippen LogP contribution in [0.15, 0.2) is 24.3 Å². The molecule has 0 aromatic heterocycles. The number of nitrogens with one attached hydrogen (secondary N) is 1. The van der Waals surface area contributed by atoms with Gasteiger partial charge in [0.15, 0.2) is 0 Å². The van der Waals surface area contributed by atoms with E-state index in [1.54, 1.807) is 0 Å². The lowest BCUT2D eigenvalue weighted by Crippen LogP contribution is -2.46. The molecule has 0 saturated carbocycles. The molecule has 1 heterocycles. The summed E-state index contributed by atoms with van der Waals surface area (Å²) in [4.78, 5) is 5.08. The van der Waals surface area contributed by atoms with Crippen molar-refractivity contribution >= 4 is 11.4 Å². The minimum absolute atomic E-state index is 1.09. The first-order chi connectivity index (χ1) is 10.3. The number of rotatable bonds is 8.